The zero-order valence-corrected chi connectivity index (χ0v) is 11.9. The third-order valence-electron chi connectivity index (χ3n) is 2.64. The van der Waals surface area contributed by atoms with Gasteiger partial charge in [0.25, 0.3) is 0 Å². The molecular formula is C13H19F2NO2S. The van der Waals surface area contributed by atoms with Crippen LogP contribution < -0.4 is 10.1 Å². The van der Waals surface area contributed by atoms with Crippen molar-refractivity contribution >= 4 is 10.8 Å². The lowest BCUT2D eigenvalue weighted by Crippen LogP contribution is -2.21. The van der Waals surface area contributed by atoms with E-state index in [-0.39, 0.29) is 11.8 Å². The molecule has 0 bridgehead atoms. The molecule has 0 radical (unpaired) electrons. The van der Waals surface area contributed by atoms with Gasteiger partial charge in [-0.25, -0.2) is 0 Å². The van der Waals surface area contributed by atoms with Gasteiger partial charge in [-0.2, -0.15) is 8.78 Å². The highest BCUT2D eigenvalue weighted by molar-refractivity contribution is 7.84. The van der Waals surface area contributed by atoms with Crippen LogP contribution in [-0.4, -0.2) is 29.4 Å². The first-order valence-corrected chi connectivity index (χ1v) is 7.80. The van der Waals surface area contributed by atoms with Crippen LogP contribution in [0.25, 0.3) is 0 Å². The number of halogens is 2. The molecule has 3 nitrogen and oxygen atoms in total. The number of rotatable bonds is 8. The van der Waals surface area contributed by atoms with Crippen LogP contribution in [0.3, 0.4) is 0 Å². The summed E-state index contributed by atoms with van der Waals surface area (Å²) in [6, 6.07) is 6.68. The lowest BCUT2D eigenvalue weighted by Gasteiger charge is -2.15. The number of hydrogen-bond acceptors (Lipinski definition) is 3. The van der Waals surface area contributed by atoms with E-state index in [0.717, 1.165) is 18.5 Å². The summed E-state index contributed by atoms with van der Waals surface area (Å²) in [4.78, 5) is 0. The van der Waals surface area contributed by atoms with Crippen molar-refractivity contribution in [3.05, 3.63) is 29.8 Å². The number of nitrogens with one attached hydrogen (secondary N) is 1. The van der Waals surface area contributed by atoms with E-state index in [1.54, 1.807) is 18.4 Å². The topological polar surface area (TPSA) is 38.3 Å². The fourth-order valence-corrected chi connectivity index (χ4v) is 2.22. The van der Waals surface area contributed by atoms with Crippen molar-refractivity contribution in [2.24, 2.45) is 0 Å². The third kappa shape index (κ3) is 6.63. The lowest BCUT2D eigenvalue weighted by molar-refractivity contribution is -0.0499. The smallest absolute Gasteiger partial charge is 0.387 e. The Bertz CT molecular complexity index is 415. The van der Waals surface area contributed by atoms with Crippen LogP contribution in [0.4, 0.5) is 8.78 Å². The largest absolute Gasteiger partial charge is 0.435 e. The van der Waals surface area contributed by atoms with E-state index in [1.165, 1.54) is 6.07 Å². The van der Waals surface area contributed by atoms with E-state index in [9.17, 15) is 13.0 Å². The maximum atomic E-state index is 12.1. The minimum atomic E-state index is -2.81. The number of ether oxygens (including phenoxy) is 1. The van der Waals surface area contributed by atoms with Gasteiger partial charge in [-0.1, -0.05) is 12.1 Å². The third-order valence-corrected chi connectivity index (χ3v) is 3.51. The number of alkyl halides is 2. The molecule has 0 spiro atoms. The van der Waals surface area contributed by atoms with E-state index in [1.807, 2.05) is 13.0 Å². The molecule has 1 N–H and O–H groups in total. The molecule has 0 aliphatic carbocycles. The highest BCUT2D eigenvalue weighted by atomic mass is 32.2. The maximum Gasteiger partial charge on any atom is 0.387 e. The molecule has 0 aliphatic rings. The second-order valence-corrected chi connectivity index (χ2v) is 5.81. The molecule has 0 saturated heterocycles. The summed E-state index contributed by atoms with van der Waals surface area (Å²) in [5.74, 6) is 0.824. The Hall–Kier alpha value is -1.01. The van der Waals surface area contributed by atoms with Crippen LogP contribution in [0, 0.1) is 0 Å². The second-order valence-electron chi connectivity index (χ2n) is 4.26. The Morgan fingerprint density at radius 2 is 2.16 bits per heavy atom. The number of hydrogen-bond donors (Lipinski definition) is 1. The molecule has 108 valence electrons. The summed E-state index contributed by atoms with van der Waals surface area (Å²) in [6.07, 6.45) is 2.50. The Morgan fingerprint density at radius 3 is 2.79 bits per heavy atom. The van der Waals surface area contributed by atoms with E-state index in [4.69, 9.17) is 0 Å². The molecule has 6 heteroatoms. The zero-order chi connectivity index (χ0) is 14.3. The van der Waals surface area contributed by atoms with Gasteiger partial charge in [0.05, 0.1) is 0 Å². The van der Waals surface area contributed by atoms with Gasteiger partial charge in [-0.15, -0.1) is 0 Å². The minimum Gasteiger partial charge on any atom is -0.435 e. The Kier molecular flexibility index (Phi) is 6.94. The average Bonchev–Trinajstić information content (AvgIpc) is 2.33. The minimum absolute atomic E-state index is 0.0338. The van der Waals surface area contributed by atoms with Crippen LogP contribution in [0.5, 0.6) is 5.75 Å². The van der Waals surface area contributed by atoms with Crippen molar-refractivity contribution in [2.75, 3.05) is 18.6 Å². The van der Waals surface area contributed by atoms with Crippen molar-refractivity contribution in [1.82, 2.24) is 5.32 Å². The van der Waals surface area contributed by atoms with Gasteiger partial charge >= 0.3 is 6.61 Å². The van der Waals surface area contributed by atoms with Crippen LogP contribution >= 0.6 is 0 Å². The Morgan fingerprint density at radius 1 is 1.42 bits per heavy atom. The van der Waals surface area contributed by atoms with E-state index in [2.05, 4.69) is 10.1 Å². The predicted molar refractivity (Wildman–Crippen MR) is 73.0 cm³/mol. The molecule has 1 aromatic carbocycles. The van der Waals surface area contributed by atoms with Crippen molar-refractivity contribution in [1.29, 1.82) is 0 Å². The van der Waals surface area contributed by atoms with Crippen LogP contribution in [0.2, 0.25) is 0 Å². The second kappa shape index (κ2) is 8.22. The SMILES string of the molecule is CC(NCCCS(C)=O)c1cccc(OC(F)F)c1. The first-order chi connectivity index (χ1) is 8.99. The van der Waals surface area contributed by atoms with Gasteiger partial charge < -0.3 is 10.1 Å². The number of benzene rings is 1. The fourth-order valence-electron chi connectivity index (χ4n) is 1.67. The van der Waals surface area contributed by atoms with Crippen LogP contribution in [-0.2, 0) is 10.8 Å². The fraction of sp³-hybridized carbons (Fsp3) is 0.538. The quantitative estimate of drug-likeness (QED) is 0.748. The van der Waals surface area contributed by atoms with E-state index in [0.29, 0.717) is 5.75 Å². The van der Waals surface area contributed by atoms with Crippen LogP contribution in [0.15, 0.2) is 24.3 Å². The normalized spacial score (nSPS) is 14.4. The Balaban J connectivity index is 2.47. The van der Waals surface area contributed by atoms with Gasteiger partial charge in [-0.05, 0) is 37.6 Å². The van der Waals surface area contributed by atoms with Crippen molar-refractivity contribution in [3.63, 3.8) is 0 Å². The summed E-state index contributed by atoms with van der Waals surface area (Å²) in [7, 11) is -0.778. The predicted octanol–water partition coefficient (Wildman–Crippen LogP) is 2.71. The van der Waals surface area contributed by atoms with Gasteiger partial charge in [-0.3, -0.25) is 4.21 Å². The zero-order valence-electron chi connectivity index (χ0n) is 11.1. The summed E-state index contributed by atoms with van der Waals surface area (Å²) in [5.41, 5.74) is 0.885. The molecule has 0 heterocycles. The molecule has 1 rings (SSSR count). The van der Waals surface area contributed by atoms with Gasteiger partial charge in [0.15, 0.2) is 0 Å². The van der Waals surface area contributed by atoms with E-state index >= 15 is 0 Å². The lowest BCUT2D eigenvalue weighted by atomic mass is 10.1. The highest BCUT2D eigenvalue weighted by Crippen LogP contribution is 2.20. The maximum absolute atomic E-state index is 12.1. The highest BCUT2D eigenvalue weighted by Gasteiger charge is 2.08. The van der Waals surface area contributed by atoms with Crippen molar-refractivity contribution in [2.45, 2.75) is 26.0 Å². The molecular weight excluding hydrogens is 272 g/mol. The summed E-state index contributed by atoms with van der Waals surface area (Å²) < 4.78 is 39.5. The van der Waals surface area contributed by atoms with Gasteiger partial charge in [0.1, 0.15) is 5.75 Å². The molecule has 0 aromatic heterocycles. The molecule has 0 aliphatic heterocycles. The molecule has 2 atom stereocenters. The molecule has 1 aromatic rings. The summed E-state index contributed by atoms with van der Waals surface area (Å²) in [5, 5.41) is 3.26. The summed E-state index contributed by atoms with van der Waals surface area (Å²) >= 11 is 0. The monoisotopic (exact) mass is 291 g/mol. The first-order valence-electron chi connectivity index (χ1n) is 6.07. The van der Waals surface area contributed by atoms with Crippen LogP contribution in [0.1, 0.15) is 24.9 Å². The molecule has 2 unspecified atom stereocenters. The Labute approximate surface area is 114 Å². The van der Waals surface area contributed by atoms with E-state index < -0.39 is 17.4 Å². The van der Waals surface area contributed by atoms with Crippen molar-refractivity contribution < 1.29 is 17.7 Å². The summed E-state index contributed by atoms with van der Waals surface area (Å²) in [6.45, 7) is -0.122. The average molecular weight is 291 g/mol. The molecule has 0 fully saturated rings. The van der Waals surface area contributed by atoms with Crippen molar-refractivity contribution in [3.8, 4) is 5.75 Å². The molecule has 0 saturated carbocycles. The van der Waals surface area contributed by atoms with Gasteiger partial charge in [0.2, 0.25) is 0 Å². The standard InChI is InChI=1S/C13H19F2NO2S/c1-10(16-7-4-8-19(2)17)11-5-3-6-12(9-11)18-13(14)15/h3,5-6,9-10,13,16H,4,7-8H2,1-2H3. The molecule has 0 amide bonds. The van der Waals surface area contributed by atoms with Gasteiger partial charge in [0, 0.05) is 28.9 Å². The first kappa shape index (κ1) is 16.0. The molecule has 19 heavy (non-hydrogen) atoms.